The molecule has 16 heavy (non-hydrogen) atoms. The van der Waals surface area contributed by atoms with Gasteiger partial charge < -0.3 is 11.5 Å². The second-order valence-corrected chi connectivity index (χ2v) is 4.83. The van der Waals surface area contributed by atoms with Crippen molar-refractivity contribution in [3.63, 3.8) is 0 Å². The Bertz CT molecular complexity index is 436. The molecule has 1 aliphatic carbocycles. The number of pyridine rings is 1. The van der Waals surface area contributed by atoms with Crippen molar-refractivity contribution in [3.8, 4) is 0 Å². The molecule has 0 aromatic carbocycles. The summed E-state index contributed by atoms with van der Waals surface area (Å²) in [6, 6.07) is 1.76. The van der Waals surface area contributed by atoms with Crippen molar-refractivity contribution in [2.75, 3.05) is 5.73 Å². The van der Waals surface area contributed by atoms with Crippen LogP contribution in [0.5, 0.6) is 0 Å². The lowest BCUT2D eigenvalue weighted by Gasteiger charge is -2.23. The second-order valence-electron chi connectivity index (χ2n) is 4.83. The first-order valence-corrected chi connectivity index (χ1v) is 5.48. The summed E-state index contributed by atoms with van der Waals surface area (Å²) < 4.78 is 0. The fourth-order valence-electron chi connectivity index (χ4n) is 1.92. The molecular formula is C12H17N3O. The number of Topliss-reactive ketones (excluding diaryl/α,β-unsaturated/α-hetero) is 1. The number of anilines is 1. The standard InChI is InChI=1S/C12H17N3O/c1-7-5-9(11(13)15-6-7)10(16)12(2,14)8-3-4-8/h5-6,8H,3-4,14H2,1-2H3,(H2,13,15). The highest BCUT2D eigenvalue weighted by Gasteiger charge is 2.44. The summed E-state index contributed by atoms with van der Waals surface area (Å²) >= 11 is 0. The molecular weight excluding hydrogens is 202 g/mol. The molecule has 1 unspecified atom stereocenters. The minimum Gasteiger partial charge on any atom is -0.383 e. The van der Waals surface area contributed by atoms with Gasteiger partial charge in [-0.05, 0) is 44.2 Å². The molecule has 4 heteroatoms. The monoisotopic (exact) mass is 219 g/mol. The van der Waals surface area contributed by atoms with Gasteiger partial charge in [-0.3, -0.25) is 4.79 Å². The minimum absolute atomic E-state index is 0.0938. The van der Waals surface area contributed by atoms with Crippen LogP contribution in [0.25, 0.3) is 0 Å². The van der Waals surface area contributed by atoms with Crippen LogP contribution in [0, 0.1) is 12.8 Å². The maximum Gasteiger partial charge on any atom is 0.186 e. The molecule has 86 valence electrons. The molecule has 1 aliphatic rings. The molecule has 2 rings (SSSR count). The first-order chi connectivity index (χ1) is 7.43. The Balaban J connectivity index is 2.36. The van der Waals surface area contributed by atoms with E-state index in [2.05, 4.69) is 4.98 Å². The van der Waals surface area contributed by atoms with Crippen molar-refractivity contribution >= 4 is 11.6 Å². The third-order valence-corrected chi connectivity index (χ3v) is 3.21. The average molecular weight is 219 g/mol. The molecule has 0 spiro atoms. The predicted octanol–water partition coefficient (Wildman–Crippen LogP) is 1.28. The maximum absolute atomic E-state index is 12.3. The van der Waals surface area contributed by atoms with Crippen LogP contribution in [0.4, 0.5) is 5.82 Å². The lowest BCUT2D eigenvalue weighted by atomic mass is 9.87. The van der Waals surface area contributed by atoms with E-state index in [1.54, 1.807) is 19.2 Å². The number of rotatable bonds is 3. The van der Waals surface area contributed by atoms with Crippen molar-refractivity contribution < 1.29 is 4.79 Å². The van der Waals surface area contributed by atoms with Crippen LogP contribution in [0.2, 0.25) is 0 Å². The van der Waals surface area contributed by atoms with E-state index in [1.165, 1.54) is 0 Å². The first kappa shape index (κ1) is 11.1. The van der Waals surface area contributed by atoms with Gasteiger partial charge in [0.25, 0.3) is 0 Å². The number of aromatic nitrogens is 1. The molecule has 0 bridgehead atoms. The average Bonchev–Trinajstić information content (AvgIpc) is 3.04. The zero-order valence-corrected chi connectivity index (χ0v) is 9.66. The van der Waals surface area contributed by atoms with Crippen LogP contribution in [-0.4, -0.2) is 16.3 Å². The summed E-state index contributed by atoms with van der Waals surface area (Å²) in [5.41, 5.74) is 12.4. The Morgan fingerprint density at radius 1 is 1.56 bits per heavy atom. The molecule has 0 radical (unpaired) electrons. The number of ketones is 1. The van der Waals surface area contributed by atoms with Gasteiger partial charge in [0.05, 0.1) is 11.1 Å². The van der Waals surface area contributed by atoms with Crippen LogP contribution >= 0.6 is 0 Å². The summed E-state index contributed by atoms with van der Waals surface area (Å²) in [5, 5.41) is 0. The van der Waals surface area contributed by atoms with E-state index in [4.69, 9.17) is 11.5 Å². The fourth-order valence-corrected chi connectivity index (χ4v) is 1.92. The third kappa shape index (κ3) is 1.80. The fraction of sp³-hybridized carbons (Fsp3) is 0.500. The molecule has 1 fully saturated rings. The quantitative estimate of drug-likeness (QED) is 0.750. The largest absolute Gasteiger partial charge is 0.383 e. The number of hydrogen-bond acceptors (Lipinski definition) is 4. The topological polar surface area (TPSA) is 82.0 Å². The summed E-state index contributed by atoms with van der Waals surface area (Å²) in [7, 11) is 0. The van der Waals surface area contributed by atoms with E-state index in [9.17, 15) is 4.79 Å². The van der Waals surface area contributed by atoms with Crippen molar-refractivity contribution in [1.29, 1.82) is 0 Å². The summed E-state index contributed by atoms with van der Waals surface area (Å²) in [5.74, 6) is 0.469. The van der Waals surface area contributed by atoms with Crippen LogP contribution in [-0.2, 0) is 0 Å². The first-order valence-electron chi connectivity index (χ1n) is 5.48. The highest BCUT2D eigenvalue weighted by molar-refractivity contribution is 6.06. The van der Waals surface area contributed by atoms with Crippen molar-refractivity contribution in [1.82, 2.24) is 4.98 Å². The van der Waals surface area contributed by atoms with Crippen LogP contribution in [0.3, 0.4) is 0 Å². The van der Waals surface area contributed by atoms with Crippen LogP contribution in [0.15, 0.2) is 12.3 Å². The van der Waals surface area contributed by atoms with Gasteiger partial charge >= 0.3 is 0 Å². The third-order valence-electron chi connectivity index (χ3n) is 3.21. The van der Waals surface area contributed by atoms with Crippen molar-refractivity contribution in [3.05, 3.63) is 23.4 Å². The Labute approximate surface area is 95.0 Å². The number of nitrogens with zero attached hydrogens (tertiary/aromatic N) is 1. The van der Waals surface area contributed by atoms with Crippen LogP contribution in [0.1, 0.15) is 35.7 Å². The molecule has 4 nitrogen and oxygen atoms in total. The number of nitrogen functional groups attached to an aromatic ring is 1. The number of nitrogens with two attached hydrogens (primary N) is 2. The molecule has 1 aromatic rings. The van der Waals surface area contributed by atoms with Crippen molar-refractivity contribution in [2.24, 2.45) is 11.7 Å². The number of aryl methyl sites for hydroxylation is 1. The van der Waals surface area contributed by atoms with Gasteiger partial charge in [-0.1, -0.05) is 0 Å². The minimum atomic E-state index is -0.802. The van der Waals surface area contributed by atoms with E-state index in [1.807, 2.05) is 6.92 Å². The van der Waals surface area contributed by atoms with Crippen LogP contribution < -0.4 is 11.5 Å². The van der Waals surface area contributed by atoms with Gasteiger partial charge in [-0.2, -0.15) is 0 Å². The van der Waals surface area contributed by atoms with Gasteiger partial charge in [0, 0.05) is 6.20 Å². The van der Waals surface area contributed by atoms with Gasteiger partial charge in [0.15, 0.2) is 5.78 Å². The van der Waals surface area contributed by atoms with E-state index in [0.717, 1.165) is 18.4 Å². The summed E-state index contributed by atoms with van der Waals surface area (Å²) in [4.78, 5) is 16.3. The zero-order chi connectivity index (χ0) is 11.9. The number of hydrogen-bond donors (Lipinski definition) is 2. The highest BCUT2D eigenvalue weighted by atomic mass is 16.1. The van der Waals surface area contributed by atoms with Gasteiger partial charge in [-0.15, -0.1) is 0 Å². The van der Waals surface area contributed by atoms with Gasteiger partial charge in [0.1, 0.15) is 5.82 Å². The Morgan fingerprint density at radius 3 is 2.75 bits per heavy atom. The molecule has 1 saturated carbocycles. The molecule has 0 aliphatic heterocycles. The second kappa shape index (κ2) is 3.56. The zero-order valence-electron chi connectivity index (χ0n) is 9.66. The Morgan fingerprint density at radius 2 is 2.19 bits per heavy atom. The summed E-state index contributed by atoms with van der Waals surface area (Å²) in [6.45, 7) is 3.67. The molecule has 4 N–H and O–H groups in total. The molecule has 0 saturated heterocycles. The molecule has 1 heterocycles. The number of carbonyl (C=O) groups is 1. The van der Waals surface area contributed by atoms with Gasteiger partial charge in [0.2, 0.25) is 0 Å². The highest BCUT2D eigenvalue weighted by Crippen LogP contribution is 2.40. The van der Waals surface area contributed by atoms with E-state index in [0.29, 0.717) is 11.5 Å². The lowest BCUT2D eigenvalue weighted by Crippen LogP contribution is -2.47. The number of carbonyl (C=O) groups excluding carboxylic acids is 1. The van der Waals surface area contributed by atoms with Crippen molar-refractivity contribution in [2.45, 2.75) is 32.2 Å². The lowest BCUT2D eigenvalue weighted by molar-refractivity contribution is 0.0884. The molecule has 1 atom stereocenters. The SMILES string of the molecule is Cc1cnc(N)c(C(=O)C(C)(N)C2CC2)c1. The summed E-state index contributed by atoms with van der Waals surface area (Å²) in [6.07, 6.45) is 3.70. The normalized spacial score (nSPS) is 19.2. The Kier molecular flexibility index (Phi) is 2.46. The predicted molar refractivity (Wildman–Crippen MR) is 63.0 cm³/mol. The van der Waals surface area contributed by atoms with E-state index in [-0.39, 0.29) is 11.6 Å². The molecule has 0 amide bonds. The van der Waals surface area contributed by atoms with Gasteiger partial charge in [-0.25, -0.2) is 4.98 Å². The van der Waals surface area contributed by atoms with E-state index < -0.39 is 5.54 Å². The maximum atomic E-state index is 12.3. The van der Waals surface area contributed by atoms with E-state index >= 15 is 0 Å². The molecule has 1 aromatic heterocycles. The Hall–Kier alpha value is -1.42. The smallest absolute Gasteiger partial charge is 0.186 e.